The van der Waals surface area contributed by atoms with Crippen LogP contribution < -0.4 is 5.73 Å². The number of benzene rings is 1. The van der Waals surface area contributed by atoms with Crippen molar-refractivity contribution in [1.29, 1.82) is 0 Å². The average molecular weight is 271 g/mol. The van der Waals surface area contributed by atoms with Crippen molar-refractivity contribution in [2.75, 3.05) is 26.7 Å². The molecule has 0 aliphatic carbocycles. The summed E-state index contributed by atoms with van der Waals surface area (Å²) in [7, 11) is 2.20. The van der Waals surface area contributed by atoms with Gasteiger partial charge < -0.3 is 15.6 Å². The molecule has 108 valence electrons. The molecule has 1 aromatic carbocycles. The maximum Gasteiger partial charge on any atom is 0.0457 e. The number of H-pyrrole nitrogens is 1. The van der Waals surface area contributed by atoms with Crippen LogP contribution in [0.5, 0.6) is 0 Å². The number of aromatic amines is 1. The van der Waals surface area contributed by atoms with Gasteiger partial charge in [0.2, 0.25) is 0 Å². The number of aromatic nitrogens is 1. The molecule has 0 bridgehead atoms. The van der Waals surface area contributed by atoms with Gasteiger partial charge in [-0.05, 0) is 62.7 Å². The Hall–Kier alpha value is -1.32. The summed E-state index contributed by atoms with van der Waals surface area (Å²) in [6, 6.07) is 6.76. The second kappa shape index (κ2) is 5.23. The minimum atomic E-state index is 0.150. The molecule has 3 rings (SSSR count). The maximum atomic E-state index is 6.20. The Kier molecular flexibility index (Phi) is 3.57. The van der Waals surface area contributed by atoms with E-state index in [4.69, 9.17) is 5.73 Å². The molecule has 0 unspecified atom stereocenters. The summed E-state index contributed by atoms with van der Waals surface area (Å²) < 4.78 is 0. The molecular weight excluding hydrogens is 246 g/mol. The summed E-state index contributed by atoms with van der Waals surface area (Å²) in [4.78, 5) is 5.84. The van der Waals surface area contributed by atoms with Gasteiger partial charge in [-0.25, -0.2) is 0 Å². The van der Waals surface area contributed by atoms with Crippen LogP contribution in [0, 0.1) is 0 Å². The van der Waals surface area contributed by atoms with E-state index in [9.17, 15) is 0 Å². The first-order valence-electron chi connectivity index (χ1n) is 7.67. The van der Waals surface area contributed by atoms with Crippen LogP contribution >= 0.6 is 0 Å². The molecule has 0 amide bonds. The van der Waals surface area contributed by atoms with Gasteiger partial charge >= 0.3 is 0 Å². The van der Waals surface area contributed by atoms with E-state index >= 15 is 0 Å². The van der Waals surface area contributed by atoms with Crippen molar-refractivity contribution >= 4 is 10.9 Å². The minimum Gasteiger partial charge on any atom is -0.361 e. The number of hydrogen-bond donors (Lipinski definition) is 2. The number of nitrogens with two attached hydrogens (primary N) is 1. The fraction of sp³-hybridized carbons (Fsp3) is 0.529. The van der Waals surface area contributed by atoms with Crippen molar-refractivity contribution in [1.82, 2.24) is 9.88 Å². The van der Waals surface area contributed by atoms with Crippen molar-refractivity contribution < 1.29 is 0 Å². The quantitative estimate of drug-likeness (QED) is 0.901. The Morgan fingerprint density at radius 3 is 2.70 bits per heavy atom. The lowest BCUT2D eigenvalue weighted by molar-refractivity contribution is 0.193. The van der Waals surface area contributed by atoms with E-state index in [-0.39, 0.29) is 5.41 Å². The molecule has 0 saturated carbocycles. The highest BCUT2D eigenvalue weighted by Crippen LogP contribution is 2.38. The van der Waals surface area contributed by atoms with Gasteiger partial charge in [0.05, 0.1) is 0 Å². The van der Waals surface area contributed by atoms with Crippen molar-refractivity contribution in [3.05, 3.63) is 35.5 Å². The topological polar surface area (TPSA) is 45.1 Å². The van der Waals surface area contributed by atoms with E-state index < -0.39 is 0 Å². The monoisotopic (exact) mass is 271 g/mol. The average Bonchev–Trinajstić information content (AvgIpc) is 2.92. The van der Waals surface area contributed by atoms with E-state index in [0.717, 1.165) is 38.9 Å². The largest absolute Gasteiger partial charge is 0.361 e. The third-order valence-electron chi connectivity index (χ3n) is 5.06. The molecule has 0 radical (unpaired) electrons. The number of nitrogens with zero attached hydrogens (tertiary/aromatic N) is 1. The summed E-state index contributed by atoms with van der Waals surface area (Å²) in [5.41, 5.74) is 10.4. The lowest BCUT2D eigenvalue weighted by Crippen LogP contribution is -2.45. The number of aryl methyl sites for hydroxylation is 1. The van der Waals surface area contributed by atoms with E-state index in [1.807, 2.05) is 0 Å². The Bertz CT molecular complexity index is 591. The van der Waals surface area contributed by atoms with Gasteiger partial charge in [0.15, 0.2) is 0 Å². The van der Waals surface area contributed by atoms with E-state index in [2.05, 4.69) is 48.3 Å². The molecule has 1 aromatic heterocycles. The highest BCUT2D eigenvalue weighted by atomic mass is 15.1. The molecule has 1 aliphatic rings. The van der Waals surface area contributed by atoms with Crippen LogP contribution in [0.1, 0.15) is 30.9 Å². The Labute approximate surface area is 121 Å². The minimum absolute atomic E-state index is 0.150. The van der Waals surface area contributed by atoms with Gasteiger partial charge in [0, 0.05) is 29.1 Å². The molecule has 0 atom stereocenters. The zero-order valence-electron chi connectivity index (χ0n) is 12.6. The zero-order valence-corrected chi connectivity index (χ0v) is 12.6. The second-order valence-electron chi connectivity index (χ2n) is 6.22. The van der Waals surface area contributed by atoms with Crippen LogP contribution in [0.25, 0.3) is 10.9 Å². The first-order valence-corrected chi connectivity index (χ1v) is 7.67. The van der Waals surface area contributed by atoms with Gasteiger partial charge in [-0.3, -0.25) is 0 Å². The van der Waals surface area contributed by atoms with Crippen molar-refractivity contribution in [2.45, 2.75) is 31.6 Å². The van der Waals surface area contributed by atoms with Gasteiger partial charge in [0.1, 0.15) is 0 Å². The molecule has 2 heterocycles. The highest BCUT2D eigenvalue weighted by molar-refractivity contribution is 5.85. The van der Waals surface area contributed by atoms with Crippen LogP contribution in [0.2, 0.25) is 0 Å². The van der Waals surface area contributed by atoms with E-state index in [1.54, 1.807) is 0 Å². The number of fused-ring (bicyclic) bond motifs is 1. The molecule has 1 aliphatic heterocycles. The third-order valence-corrected chi connectivity index (χ3v) is 5.06. The summed E-state index contributed by atoms with van der Waals surface area (Å²) in [6.45, 7) is 5.22. The molecule has 2 aromatic rings. The molecule has 0 spiro atoms. The smallest absolute Gasteiger partial charge is 0.0457 e. The van der Waals surface area contributed by atoms with Crippen molar-refractivity contribution in [3.8, 4) is 0 Å². The lowest BCUT2D eigenvalue weighted by atomic mass is 9.72. The predicted octanol–water partition coefficient (Wildman–Crippen LogP) is 2.65. The van der Waals surface area contributed by atoms with Gasteiger partial charge in [0.25, 0.3) is 0 Å². The fourth-order valence-electron chi connectivity index (χ4n) is 3.46. The van der Waals surface area contributed by atoms with Crippen LogP contribution in [-0.4, -0.2) is 36.6 Å². The molecule has 20 heavy (non-hydrogen) atoms. The lowest BCUT2D eigenvalue weighted by Gasteiger charge is -2.40. The van der Waals surface area contributed by atoms with Gasteiger partial charge in [-0.2, -0.15) is 0 Å². The SMILES string of the molecule is CCc1ccc2[nH]cc(C3(CN)CCN(C)CC3)c2c1. The van der Waals surface area contributed by atoms with Crippen molar-refractivity contribution in [3.63, 3.8) is 0 Å². The van der Waals surface area contributed by atoms with Gasteiger partial charge in [-0.1, -0.05) is 13.0 Å². The normalized spacial score (nSPS) is 19.6. The van der Waals surface area contributed by atoms with Crippen LogP contribution in [0.15, 0.2) is 24.4 Å². The molecule has 1 fully saturated rings. The van der Waals surface area contributed by atoms with Crippen LogP contribution in [-0.2, 0) is 11.8 Å². The zero-order chi connectivity index (χ0) is 14.2. The Morgan fingerprint density at radius 1 is 1.30 bits per heavy atom. The van der Waals surface area contributed by atoms with Crippen molar-refractivity contribution in [2.24, 2.45) is 5.73 Å². The number of nitrogens with one attached hydrogen (secondary N) is 1. The summed E-state index contributed by atoms with van der Waals surface area (Å²) in [5, 5.41) is 1.37. The predicted molar refractivity (Wildman–Crippen MR) is 85.1 cm³/mol. The number of hydrogen-bond acceptors (Lipinski definition) is 2. The Balaban J connectivity index is 2.07. The van der Waals surface area contributed by atoms with E-state index in [1.165, 1.54) is 22.0 Å². The first-order chi connectivity index (χ1) is 9.68. The summed E-state index contributed by atoms with van der Waals surface area (Å²) in [6.07, 6.45) is 5.59. The van der Waals surface area contributed by atoms with Gasteiger partial charge in [-0.15, -0.1) is 0 Å². The standard InChI is InChI=1S/C17H25N3/c1-3-13-4-5-16-14(10-13)15(11-19-16)17(12-18)6-8-20(2)9-7-17/h4-5,10-11,19H,3,6-9,12,18H2,1-2H3. The second-order valence-corrected chi connectivity index (χ2v) is 6.22. The highest BCUT2D eigenvalue weighted by Gasteiger charge is 2.35. The first kappa shape index (κ1) is 13.7. The van der Waals surface area contributed by atoms with Crippen LogP contribution in [0.3, 0.4) is 0 Å². The Morgan fingerprint density at radius 2 is 2.05 bits per heavy atom. The summed E-state index contributed by atoms with van der Waals surface area (Å²) >= 11 is 0. The maximum absolute atomic E-state index is 6.20. The third kappa shape index (κ3) is 2.15. The molecular formula is C17H25N3. The molecule has 1 saturated heterocycles. The van der Waals surface area contributed by atoms with Crippen LogP contribution in [0.4, 0.5) is 0 Å². The summed E-state index contributed by atoms with van der Waals surface area (Å²) in [5.74, 6) is 0. The van der Waals surface area contributed by atoms with E-state index in [0.29, 0.717) is 0 Å². The number of rotatable bonds is 3. The molecule has 3 heteroatoms. The number of piperidine rings is 1. The number of likely N-dealkylation sites (tertiary alicyclic amines) is 1. The molecule has 3 nitrogen and oxygen atoms in total. The molecule has 3 N–H and O–H groups in total. The fourth-order valence-corrected chi connectivity index (χ4v) is 3.46.